The quantitative estimate of drug-likeness (QED) is 0.168. The third-order valence-electron chi connectivity index (χ3n) is 10.5. The van der Waals surface area contributed by atoms with Crippen molar-refractivity contribution in [3.05, 3.63) is 143 Å². The van der Waals surface area contributed by atoms with Crippen molar-refractivity contribution in [1.82, 2.24) is 9.97 Å². The third-order valence-corrected chi connectivity index (χ3v) is 11.0. The van der Waals surface area contributed by atoms with Crippen LogP contribution in [0.15, 0.2) is 103 Å². The van der Waals surface area contributed by atoms with Gasteiger partial charge in [-0.1, -0.05) is 35.9 Å². The number of hydrogen-bond acceptors (Lipinski definition) is 7. The molecule has 2 aliphatic rings. The summed E-state index contributed by atoms with van der Waals surface area (Å²) in [5, 5.41) is 5.58. The first-order valence-corrected chi connectivity index (χ1v) is 19.5. The number of nitrogens with zero attached hydrogens (tertiary/aromatic N) is 4. The number of pyridine rings is 2. The van der Waals surface area contributed by atoms with E-state index >= 15 is 0 Å². The van der Waals surface area contributed by atoms with Gasteiger partial charge in [-0.15, -0.1) is 0 Å². The fraction of sp³-hybridized carbons (Fsp3) is 0.217. The second-order valence-electron chi connectivity index (χ2n) is 14.2. The highest BCUT2D eigenvalue weighted by Crippen LogP contribution is 2.40. The summed E-state index contributed by atoms with van der Waals surface area (Å²) in [5.41, 5.74) is 7.88. The van der Waals surface area contributed by atoms with E-state index in [9.17, 15) is 17.6 Å². The molecule has 296 valence electrons. The summed E-state index contributed by atoms with van der Waals surface area (Å²) >= 11 is 6.30. The molecule has 12 heteroatoms. The van der Waals surface area contributed by atoms with E-state index < -0.39 is 5.82 Å². The van der Waals surface area contributed by atoms with E-state index in [-0.39, 0.29) is 17.5 Å². The van der Waals surface area contributed by atoms with Crippen molar-refractivity contribution in [2.45, 2.75) is 13.8 Å². The SMILES string of the molecule is Cc1c(-c2ccccc2F)nc2cc(F)ccc2c1Cl.Cc1c(-c2ccccc2F)nc2cc(F)ccc2c1Nc1cc(N2CCOCC2)ccc1N1CCOCC1. The molecule has 2 aliphatic heterocycles. The van der Waals surface area contributed by atoms with Gasteiger partial charge in [-0.05, 0) is 91.7 Å². The third kappa shape index (κ3) is 8.02. The highest BCUT2D eigenvalue weighted by atomic mass is 35.5. The molecule has 9 rings (SSSR count). The smallest absolute Gasteiger partial charge is 0.132 e. The molecule has 4 heterocycles. The zero-order chi connectivity index (χ0) is 40.3. The Kier molecular flexibility index (Phi) is 11.5. The van der Waals surface area contributed by atoms with Crippen molar-refractivity contribution < 1.29 is 27.0 Å². The van der Waals surface area contributed by atoms with Gasteiger partial charge in [-0.2, -0.15) is 0 Å². The minimum atomic E-state index is -0.399. The molecule has 7 nitrogen and oxygen atoms in total. The fourth-order valence-electron chi connectivity index (χ4n) is 7.48. The van der Waals surface area contributed by atoms with Crippen molar-refractivity contribution in [2.24, 2.45) is 0 Å². The Bertz CT molecular complexity index is 2630. The molecule has 0 aliphatic carbocycles. The van der Waals surface area contributed by atoms with Gasteiger partial charge in [0.2, 0.25) is 0 Å². The summed E-state index contributed by atoms with van der Waals surface area (Å²) in [4.78, 5) is 13.7. The van der Waals surface area contributed by atoms with E-state index in [1.807, 2.05) is 6.92 Å². The molecule has 2 saturated heterocycles. The molecule has 0 saturated carbocycles. The lowest BCUT2D eigenvalue weighted by molar-refractivity contribution is 0.122. The van der Waals surface area contributed by atoms with Gasteiger partial charge in [0.15, 0.2) is 0 Å². The Balaban J connectivity index is 0.000000197. The van der Waals surface area contributed by atoms with Crippen LogP contribution in [-0.4, -0.2) is 62.6 Å². The van der Waals surface area contributed by atoms with Gasteiger partial charge >= 0.3 is 0 Å². The lowest BCUT2D eigenvalue weighted by Gasteiger charge is -2.33. The summed E-state index contributed by atoms with van der Waals surface area (Å²) in [6.45, 7) is 9.64. The zero-order valence-corrected chi connectivity index (χ0v) is 32.7. The Morgan fingerprint density at radius 3 is 1.69 bits per heavy atom. The molecule has 2 fully saturated rings. The molecule has 7 aromatic rings. The molecule has 1 N–H and O–H groups in total. The molecule has 0 unspecified atom stereocenters. The summed E-state index contributed by atoms with van der Waals surface area (Å²) in [7, 11) is 0. The highest BCUT2D eigenvalue weighted by Gasteiger charge is 2.22. The molecule has 2 aromatic heterocycles. The Hall–Kier alpha value is -5.75. The summed E-state index contributed by atoms with van der Waals surface area (Å²) in [6.07, 6.45) is 0. The largest absolute Gasteiger partial charge is 0.378 e. The van der Waals surface area contributed by atoms with E-state index in [1.54, 1.807) is 55.5 Å². The molecule has 0 bridgehead atoms. The predicted molar refractivity (Wildman–Crippen MR) is 224 cm³/mol. The van der Waals surface area contributed by atoms with Crippen LogP contribution in [0, 0.1) is 37.1 Å². The van der Waals surface area contributed by atoms with Gasteiger partial charge in [0.25, 0.3) is 0 Å². The van der Waals surface area contributed by atoms with Crippen LogP contribution in [0.4, 0.5) is 40.3 Å². The number of morpholine rings is 2. The first-order valence-electron chi connectivity index (χ1n) is 19.1. The van der Waals surface area contributed by atoms with Crippen LogP contribution in [0.1, 0.15) is 11.1 Å². The van der Waals surface area contributed by atoms with Gasteiger partial charge in [0, 0.05) is 65.9 Å². The number of hydrogen-bond donors (Lipinski definition) is 1. The van der Waals surface area contributed by atoms with Crippen molar-refractivity contribution in [1.29, 1.82) is 0 Å². The number of rotatable bonds is 6. The molecular formula is C46H40ClF4N5O2. The summed E-state index contributed by atoms with van der Waals surface area (Å²) in [6, 6.07) is 28.1. The Morgan fingerprint density at radius 1 is 0.586 bits per heavy atom. The van der Waals surface area contributed by atoms with Crippen LogP contribution in [-0.2, 0) is 9.47 Å². The number of fused-ring (bicyclic) bond motifs is 2. The van der Waals surface area contributed by atoms with E-state index in [1.165, 1.54) is 36.4 Å². The van der Waals surface area contributed by atoms with Crippen molar-refractivity contribution in [2.75, 3.05) is 67.7 Å². The zero-order valence-electron chi connectivity index (χ0n) is 32.0. The Morgan fingerprint density at radius 2 is 1.10 bits per heavy atom. The number of halogens is 5. The molecule has 0 spiro atoms. The van der Waals surface area contributed by atoms with Crippen molar-refractivity contribution in [3.8, 4) is 22.5 Å². The lowest BCUT2D eigenvalue weighted by atomic mass is 10.0. The van der Waals surface area contributed by atoms with Crippen LogP contribution in [0.2, 0.25) is 5.02 Å². The van der Waals surface area contributed by atoms with Crippen molar-refractivity contribution >= 4 is 56.2 Å². The number of aromatic nitrogens is 2. The van der Waals surface area contributed by atoms with Gasteiger partial charge in [-0.3, -0.25) is 0 Å². The topological polar surface area (TPSA) is 62.8 Å². The summed E-state index contributed by atoms with van der Waals surface area (Å²) < 4.78 is 67.6. The van der Waals surface area contributed by atoms with Gasteiger partial charge < -0.3 is 24.6 Å². The number of nitrogens with one attached hydrogen (secondary N) is 1. The lowest BCUT2D eigenvalue weighted by Crippen LogP contribution is -2.37. The van der Waals surface area contributed by atoms with Crippen molar-refractivity contribution in [3.63, 3.8) is 0 Å². The number of ether oxygens (including phenoxy) is 2. The summed E-state index contributed by atoms with van der Waals surface area (Å²) in [5.74, 6) is -1.53. The maximum Gasteiger partial charge on any atom is 0.132 e. The second-order valence-corrected chi connectivity index (χ2v) is 14.5. The van der Waals surface area contributed by atoms with Crippen LogP contribution in [0.25, 0.3) is 44.3 Å². The van der Waals surface area contributed by atoms with Crippen LogP contribution in [0.5, 0.6) is 0 Å². The average Bonchev–Trinajstić information content (AvgIpc) is 3.24. The minimum Gasteiger partial charge on any atom is -0.378 e. The van der Waals surface area contributed by atoms with Crippen LogP contribution in [0.3, 0.4) is 0 Å². The van der Waals surface area contributed by atoms with E-state index in [0.29, 0.717) is 75.9 Å². The second kappa shape index (κ2) is 17.0. The molecule has 5 aromatic carbocycles. The monoisotopic (exact) mass is 805 g/mol. The standard InChI is InChI=1S/C30H30F2N4O2.C16H10ClF2N/c1-20-29(23-4-2-3-5-25(23)32)33-26-18-21(31)6-8-24(26)30(20)34-27-19-22(35-10-14-37-15-11-35)7-9-28(27)36-12-16-38-17-13-36;1-9-15(17)12-7-6-10(18)8-14(12)20-16(9)11-4-2-3-5-13(11)19/h2-9,18-19H,10-17H2,1H3,(H,33,34);2-8H,1H3. The minimum absolute atomic E-state index is 0.359. The van der Waals surface area contributed by atoms with Gasteiger partial charge in [0.05, 0.1) is 70.9 Å². The Labute approximate surface area is 338 Å². The van der Waals surface area contributed by atoms with Gasteiger partial charge in [-0.25, -0.2) is 27.5 Å². The number of anilines is 4. The van der Waals surface area contributed by atoms with E-state index in [4.69, 9.17) is 26.1 Å². The highest BCUT2D eigenvalue weighted by molar-refractivity contribution is 6.36. The average molecular weight is 806 g/mol. The van der Waals surface area contributed by atoms with Crippen LogP contribution < -0.4 is 15.1 Å². The predicted octanol–water partition coefficient (Wildman–Crippen LogP) is 11.0. The first-order chi connectivity index (χ1) is 28.2. The molecular weight excluding hydrogens is 766 g/mol. The maximum atomic E-state index is 14.9. The molecule has 0 atom stereocenters. The van der Waals surface area contributed by atoms with Gasteiger partial charge in [0.1, 0.15) is 23.3 Å². The molecule has 0 amide bonds. The fourth-order valence-corrected chi connectivity index (χ4v) is 7.73. The van der Waals surface area contributed by atoms with Crippen LogP contribution >= 0.6 is 11.6 Å². The first kappa shape index (κ1) is 39.1. The van der Waals surface area contributed by atoms with E-state index in [0.717, 1.165) is 59.9 Å². The molecule has 0 radical (unpaired) electrons. The number of benzene rings is 5. The molecule has 58 heavy (non-hydrogen) atoms. The maximum absolute atomic E-state index is 14.9. The normalized spacial score (nSPS) is 14.4. The van der Waals surface area contributed by atoms with E-state index in [2.05, 4.69) is 38.3 Å².